The fourth-order valence-electron chi connectivity index (χ4n) is 5.81. The van der Waals surface area contributed by atoms with E-state index in [0.29, 0.717) is 31.1 Å². The van der Waals surface area contributed by atoms with Crippen LogP contribution in [0.4, 0.5) is 0 Å². The predicted molar refractivity (Wildman–Crippen MR) is 90.4 cm³/mol. The summed E-state index contributed by atoms with van der Waals surface area (Å²) in [5.74, 6) is 3.01. The van der Waals surface area contributed by atoms with Gasteiger partial charge in [-0.1, -0.05) is 0 Å². The molecule has 0 saturated heterocycles. The van der Waals surface area contributed by atoms with Crippen LogP contribution in [0.25, 0.3) is 0 Å². The molecular weight excluding hydrogens is 318 g/mol. The molecule has 4 fully saturated rings. The van der Waals surface area contributed by atoms with E-state index in [1.165, 1.54) is 6.42 Å². The van der Waals surface area contributed by atoms with Crippen molar-refractivity contribution in [2.24, 2.45) is 33.9 Å². The Labute approximate surface area is 147 Å². The second kappa shape index (κ2) is 5.82. The first kappa shape index (κ1) is 16.6. The molecule has 2 N–H and O–H groups in total. The minimum absolute atomic E-state index is 0.0795. The average molecular weight is 343 g/mol. The summed E-state index contributed by atoms with van der Waals surface area (Å²) < 4.78 is 0. The van der Waals surface area contributed by atoms with Gasteiger partial charge < -0.3 is 10.4 Å². The van der Waals surface area contributed by atoms with Gasteiger partial charge in [-0.2, -0.15) is 10.2 Å². The van der Waals surface area contributed by atoms with Gasteiger partial charge in [-0.15, -0.1) is 12.3 Å². The lowest BCUT2D eigenvalue weighted by Gasteiger charge is -2.59. The van der Waals surface area contributed by atoms with E-state index in [1.807, 2.05) is 0 Å². The largest absolute Gasteiger partial charge is 0.479 e. The molecule has 4 saturated carbocycles. The van der Waals surface area contributed by atoms with Crippen LogP contribution in [0.3, 0.4) is 0 Å². The molecule has 134 valence electrons. The number of aliphatic carboxylic acids is 1. The van der Waals surface area contributed by atoms with Crippen molar-refractivity contribution in [2.45, 2.75) is 69.0 Å². The molecular formula is C19H25N3O3. The minimum Gasteiger partial charge on any atom is -0.479 e. The van der Waals surface area contributed by atoms with Crippen LogP contribution in [0.15, 0.2) is 10.2 Å². The van der Waals surface area contributed by atoms with E-state index in [1.54, 1.807) is 0 Å². The highest BCUT2D eigenvalue weighted by atomic mass is 16.4. The number of hydrogen-bond acceptors (Lipinski definition) is 4. The van der Waals surface area contributed by atoms with Crippen LogP contribution >= 0.6 is 0 Å². The molecule has 0 spiro atoms. The van der Waals surface area contributed by atoms with Crippen molar-refractivity contribution in [2.75, 3.05) is 0 Å². The van der Waals surface area contributed by atoms with E-state index >= 15 is 0 Å². The molecule has 4 bridgehead atoms. The maximum absolute atomic E-state index is 12.6. The fourth-order valence-corrected chi connectivity index (χ4v) is 5.81. The Hall–Kier alpha value is -1.90. The normalized spacial score (nSPS) is 39.0. The topological polar surface area (TPSA) is 91.1 Å². The van der Waals surface area contributed by atoms with Crippen LogP contribution in [-0.2, 0) is 9.59 Å². The smallest absolute Gasteiger partial charge is 0.330 e. The number of carboxylic acid groups (broad SMARTS) is 1. The third-order valence-electron chi connectivity index (χ3n) is 6.93. The third kappa shape index (κ3) is 2.74. The first-order valence-electron chi connectivity index (χ1n) is 9.39. The SMILES string of the molecule is C#CCCC1(CCC(=O)NC2(C(=O)O)C3CC4CC(C3)CC2C4)N=N1. The summed E-state index contributed by atoms with van der Waals surface area (Å²) in [6.07, 6.45) is 12.3. The van der Waals surface area contributed by atoms with Crippen molar-refractivity contribution in [3.05, 3.63) is 0 Å². The van der Waals surface area contributed by atoms with Crippen LogP contribution in [0.5, 0.6) is 0 Å². The summed E-state index contributed by atoms with van der Waals surface area (Å²) in [7, 11) is 0. The Morgan fingerprint density at radius 1 is 1.08 bits per heavy atom. The molecule has 5 rings (SSSR count). The third-order valence-corrected chi connectivity index (χ3v) is 6.93. The molecule has 1 aliphatic heterocycles. The number of nitrogens with zero attached hydrogens (tertiary/aromatic N) is 2. The highest BCUT2D eigenvalue weighted by Crippen LogP contribution is 2.58. The van der Waals surface area contributed by atoms with Gasteiger partial charge in [0.2, 0.25) is 5.91 Å². The van der Waals surface area contributed by atoms with Gasteiger partial charge in [-0.3, -0.25) is 4.79 Å². The zero-order valence-electron chi connectivity index (χ0n) is 14.4. The van der Waals surface area contributed by atoms with Gasteiger partial charge in [0, 0.05) is 25.7 Å². The summed E-state index contributed by atoms with van der Waals surface area (Å²) in [4.78, 5) is 24.8. The van der Waals surface area contributed by atoms with Gasteiger partial charge in [-0.05, 0) is 55.8 Å². The van der Waals surface area contributed by atoms with Crippen molar-refractivity contribution >= 4 is 11.9 Å². The van der Waals surface area contributed by atoms with Gasteiger partial charge in [0.05, 0.1) is 0 Å². The Morgan fingerprint density at radius 3 is 2.16 bits per heavy atom. The molecule has 1 amide bonds. The van der Waals surface area contributed by atoms with E-state index < -0.39 is 17.2 Å². The molecule has 0 atom stereocenters. The summed E-state index contributed by atoms with van der Waals surface area (Å²) in [6, 6.07) is 0. The van der Waals surface area contributed by atoms with Crippen LogP contribution in [0.2, 0.25) is 0 Å². The molecule has 25 heavy (non-hydrogen) atoms. The first-order chi connectivity index (χ1) is 12.0. The quantitative estimate of drug-likeness (QED) is 0.696. The number of carbonyl (C=O) groups excluding carboxylic acids is 1. The van der Waals surface area contributed by atoms with Crippen molar-refractivity contribution in [1.82, 2.24) is 5.32 Å². The highest BCUT2D eigenvalue weighted by molar-refractivity contribution is 5.88. The van der Waals surface area contributed by atoms with Crippen LogP contribution < -0.4 is 5.32 Å². The second-order valence-electron chi connectivity index (χ2n) is 8.41. The van der Waals surface area contributed by atoms with Crippen molar-refractivity contribution < 1.29 is 14.7 Å². The first-order valence-corrected chi connectivity index (χ1v) is 9.39. The number of carboxylic acids is 1. The Kier molecular flexibility index (Phi) is 3.86. The van der Waals surface area contributed by atoms with E-state index in [-0.39, 0.29) is 24.2 Å². The lowest BCUT2D eigenvalue weighted by atomic mass is 9.48. The summed E-state index contributed by atoms with van der Waals surface area (Å²) in [5, 5.41) is 21.1. The number of carbonyl (C=O) groups is 2. The van der Waals surface area contributed by atoms with E-state index in [0.717, 1.165) is 25.7 Å². The fraction of sp³-hybridized carbons (Fsp3) is 0.789. The predicted octanol–water partition coefficient (Wildman–Crippen LogP) is 2.74. The molecule has 6 heteroatoms. The number of terminal acetylenes is 1. The van der Waals surface area contributed by atoms with Gasteiger partial charge >= 0.3 is 5.97 Å². The molecule has 0 aromatic carbocycles. The Balaban J connectivity index is 1.42. The van der Waals surface area contributed by atoms with Gasteiger partial charge in [-0.25, -0.2) is 4.79 Å². The highest BCUT2D eigenvalue weighted by Gasteiger charge is 2.62. The van der Waals surface area contributed by atoms with Gasteiger partial charge in [0.25, 0.3) is 0 Å². The molecule has 0 aromatic heterocycles. The molecule has 0 unspecified atom stereocenters. The Bertz CT molecular complexity index is 629. The molecule has 0 radical (unpaired) electrons. The van der Waals surface area contributed by atoms with Crippen molar-refractivity contribution in [1.29, 1.82) is 0 Å². The second-order valence-corrected chi connectivity index (χ2v) is 8.41. The molecule has 5 aliphatic rings. The van der Waals surface area contributed by atoms with Gasteiger partial charge in [0.1, 0.15) is 5.54 Å². The lowest BCUT2D eigenvalue weighted by molar-refractivity contribution is -0.167. The standard InChI is InChI=1S/C19H25N3O3/c1-2-3-5-18(21-22-18)6-4-16(23)20-19(17(24)25)14-8-12-7-13(10-14)11-15(19)9-12/h1,12-15H,3-11H2,(H,20,23)(H,24,25). The summed E-state index contributed by atoms with van der Waals surface area (Å²) in [5.41, 5.74) is -1.56. The molecule has 1 heterocycles. The van der Waals surface area contributed by atoms with Crippen molar-refractivity contribution in [3.8, 4) is 12.3 Å². The summed E-state index contributed by atoms with van der Waals surface area (Å²) >= 11 is 0. The molecule has 4 aliphatic carbocycles. The molecule has 0 aromatic rings. The maximum Gasteiger partial charge on any atom is 0.330 e. The maximum atomic E-state index is 12.6. The van der Waals surface area contributed by atoms with Crippen LogP contribution in [-0.4, -0.2) is 28.2 Å². The summed E-state index contributed by atoms with van der Waals surface area (Å²) in [6.45, 7) is 0. The average Bonchev–Trinajstić information content (AvgIpc) is 3.34. The van der Waals surface area contributed by atoms with Crippen molar-refractivity contribution in [3.63, 3.8) is 0 Å². The van der Waals surface area contributed by atoms with E-state index in [4.69, 9.17) is 6.42 Å². The van der Waals surface area contributed by atoms with E-state index in [2.05, 4.69) is 21.5 Å². The van der Waals surface area contributed by atoms with Gasteiger partial charge in [0.15, 0.2) is 5.66 Å². The monoisotopic (exact) mass is 343 g/mol. The number of rotatable bonds is 7. The number of amides is 1. The van der Waals surface area contributed by atoms with Crippen LogP contribution in [0.1, 0.15) is 57.8 Å². The minimum atomic E-state index is -1.06. The number of nitrogens with one attached hydrogen (secondary N) is 1. The zero-order chi connectivity index (χ0) is 17.7. The lowest BCUT2D eigenvalue weighted by Crippen LogP contribution is -2.70. The van der Waals surface area contributed by atoms with E-state index in [9.17, 15) is 14.7 Å². The zero-order valence-corrected chi connectivity index (χ0v) is 14.4. The molecule has 6 nitrogen and oxygen atoms in total. The number of hydrogen-bond donors (Lipinski definition) is 2. The van der Waals surface area contributed by atoms with Crippen LogP contribution in [0, 0.1) is 36.0 Å². The Morgan fingerprint density at radius 2 is 1.68 bits per heavy atom.